The van der Waals surface area contributed by atoms with Gasteiger partial charge in [0.2, 0.25) is 11.8 Å². The molecule has 0 unspecified atom stereocenters. The standard InChI is InChI=1S/C20H27N3O4/c24-18-12-23(8-7-21-18)13-19(25)22-14-20(5-1-2-6-20)15-3-4-16-17(11-15)27-10-9-26-16/h3-4,11H,1-2,5-10,12-14H2,(H,21,24)(H,22,25). The minimum absolute atomic E-state index is 0.0161. The van der Waals surface area contributed by atoms with Crippen molar-refractivity contribution in [1.29, 1.82) is 0 Å². The van der Waals surface area contributed by atoms with Gasteiger partial charge in [-0.25, -0.2) is 0 Å². The molecule has 1 saturated heterocycles. The maximum Gasteiger partial charge on any atom is 0.234 e. The predicted octanol–water partition coefficient (Wildman–Crippen LogP) is 0.818. The summed E-state index contributed by atoms with van der Waals surface area (Å²) in [6.07, 6.45) is 4.44. The summed E-state index contributed by atoms with van der Waals surface area (Å²) in [5, 5.41) is 5.90. The quantitative estimate of drug-likeness (QED) is 0.799. The van der Waals surface area contributed by atoms with E-state index in [9.17, 15) is 9.59 Å². The average Bonchev–Trinajstić information content (AvgIpc) is 3.16. The van der Waals surface area contributed by atoms with E-state index in [-0.39, 0.29) is 23.8 Å². The van der Waals surface area contributed by atoms with Crippen molar-refractivity contribution in [3.05, 3.63) is 23.8 Å². The largest absolute Gasteiger partial charge is 0.486 e. The molecule has 3 aliphatic rings. The fraction of sp³-hybridized carbons (Fsp3) is 0.600. The van der Waals surface area contributed by atoms with Crippen LogP contribution in [0.25, 0.3) is 0 Å². The highest BCUT2D eigenvalue weighted by molar-refractivity contribution is 5.81. The van der Waals surface area contributed by atoms with Crippen molar-refractivity contribution in [2.75, 3.05) is 45.9 Å². The topological polar surface area (TPSA) is 79.9 Å². The number of ether oxygens (including phenoxy) is 2. The van der Waals surface area contributed by atoms with Gasteiger partial charge in [0.1, 0.15) is 13.2 Å². The van der Waals surface area contributed by atoms with E-state index in [4.69, 9.17) is 9.47 Å². The van der Waals surface area contributed by atoms with Crippen LogP contribution in [0.5, 0.6) is 11.5 Å². The zero-order valence-corrected chi connectivity index (χ0v) is 15.6. The van der Waals surface area contributed by atoms with E-state index in [0.717, 1.165) is 37.2 Å². The highest BCUT2D eigenvalue weighted by Gasteiger charge is 2.37. The van der Waals surface area contributed by atoms with Crippen LogP contribution >= 0.6 is 0 Å². The van der Waals surface area contributed by atoms with Gasteiger partial charge in [0.25, 0.3) is 0 Å². The zero-order valence-electron chi connectivity index (χ0n) is 15.6. The fourth-order valence-electron chi connectivity index (χ4n) is 4.35. The molecule has 7 nitrogen and oxygen atoms in total. The Morgan fingerprint density at radius 1 is 1.19 bits per heavy atom. The second kappa shape index (κ2) is 7.76. The number of piperazine rings is 1. The Labute approximate surface area is 159 Å². The molecule has 27 heavy (non-hydrogen) atoms. The molecular formula is C20H27N3O4. The van der Waals surface area contributed by atoms with E-state index in [2.05, 4.69) is 22.8 Å². The Bertz CT molecular complexity index is 715. The van der Waals surface area contributed by atoms with Gasteiger partial charge in [-0.2, -0.15) is 0 Å². The number of fused-ring (bicyclic) bond motifs is 1. The molecule has 0 bridgehead atoms. The summed E-state index contributed by atoms with van der Waals surface area (Å²) >= 11 is 0. The first-order chi connectivity index (χ1) is 13.1. The van der Waals surface area contributed by atoms with Crippen LogP contribution in [0.2, 0.25) is 0 Å². The lowest BCUT2D eigenvalue weighted by Gasteiger charge is -2.32. The van der Waals surface area contributed by atoms with Crippen molar-refractivity contribution in [2.45, 2.75) is 31.1 Å². The Kier molecular flexibility index (Phi) is 5.20. The first-order valence-electron chi connectivity index (χ1n) is 9.81. The maximum absolute atomic E-state index is 12.5. The number of benzene rings is 1. The van der Waals surface area contributed by atoms with Crippen LogP contribution in [-0.4, -0.2) is 62.7 Å². The van der Waals surface area contributed by atoms with Crippen LogP contribution in [0, 0.1) is 0 Å². The molecule has 7 heteroatoms. The van der Waals surface area contributed by atoms with Crippen molar-refractivity contribution >= 4 is 11.8 Å². The third-order valence-electron chi connectivity index (χ3n) is 5.82. The molecule has 4 rings (SSSR count). The smallest absolute Gasteiger partial charge is 0.234 e. The van der Waals surface area contributed by atoms with Crippen molar-refractivity contribution in [3.63, 3.8) is 0 Å². The molecule has 2 heterocycles. The number of hydrogen-bond acceptors (Lipinski definition) is 5. The monoisotopic (exact) mass is 373 g/mol. The molecule has 2 aliphatic heterocycles. The van der Waals surface area contributed by atoms with Crippen molar-refractivity contribution in [3.8, 4) is 11.5 Å². The van der Waals surface area contributed by atoms with Gasteiger partial charge < -0.3 is 20.1 Å². The molecule has 1 aliphatic carbocycles. The first-order valence-corrected chi connectivity index (χ1v) is 9.81. The van der Waals surface area contributed by atoms with Gasteiger partial charge >= 0.3 is 0 Å². The molecule has 0 spiro atoms. The lowest BCUT2D eigenvalue weighted by Crippen LogP contribution is -2.51. The molecule has 2 fully saturated rings. The second-order valence-electron chi connectivity index (χ2n) is 7.68. The van der Waals surface area contributed by atoms with Crippen LogP contribution in [0.1, 0.15) is 31.2 Å². The summed E-state index contributed by atoms with van der Waals surface area (Å²) in [7, 11) is 0. The number of carbonyl (C=O) groups excluding carboxylic acids is 2. The van der Waals surface area contributed by atoms with E-state index >= 15 is 0 Å². The van der Waals surface area contributed by atoms with Gasteiger partial charge in [0.15, 0.2) is 11.5 Å². The van der Waals surface area contributed by atoms with Gasteiger partial charge in [-0.05, 0) is 30.5 Å². The minimum atomic E-state index is -0.0508. The van der Waals surface area contributed by atoms with Gasteiger partial charge in [0.05, 0.1) is 13.1 Å². The lowest BCUT2D eigenvalue weighted by atomic mass is 9.78. The number of nitrogens with zero attached hydrogens (tertiary/aromatic N) is 1. The van der Waals surface area contributed by atoms with Gasteiger partial charge in [0, 0.05) is 25.0 Å². The SMILES string of the molecule is O=C1CN(CC(=O)NCC2(c3ccc4c(c3)OCCO4)CCCC2)CCN1. The first kappa shape index (κ1) is 18.1. The summed E-state index contributed by atoms with van der Waals surface area (Å²) in [4.78, 5) is 25.8. The van der Waals surface area contributed by atoms with E-state index in [1.54, 1.807) is 0 Å². The lowest BCUT2D eigenvalue weighted by molar-refractivity contribution is -0.127. The van der Waals surface area contributed by atoms with E-state index in [1.807, 2.05) is 11.0 Å². The van der Waals surface area contributed by atoms with Crippen LogP contribution in [-0.2, 0) is 15.0 Å². The van der Waals surface area contributed by atoms with E-state index in [0.29, 0.717) is 39.4 Å². The highest BCUT2D eigenvalue weighted by Crippen LogP contribution is 2.43. The molecule has 2 amide bonds. The normalized spacial score (nSPS) is 21.6. The van der Waals surface area contributed by atoms with Gasteiger partial charge in [-0.15, -0.1) is 0 Å². The highest BCUT2D eigenvalue weighted by atomic mass is 16.6. The zero-order chi connectivity index (χ0) is 18.7. The second-order valence-corrected chi connectivity index (χ2v) is 7.68. The van der Waals surface area contributed by atoms with E-state index < -0.39 is 0 Å². The Balaban J connectivity index is 1.41. The number of rotatable bonds is 5. The average molecular weight is 373 g/mol. The number of hydrogen-bond donors (Lipinski definition) is 2. The van der Waals surface area contributed by atoms with Crippen molar-refractivity contribution in [2.24, 2.45) is 0 Å². The molecule has 1 aromatic rings. The summed E-state index contributed by atoms with van der Waals surface area (Å²) in [6.45, 7) is 3.66. The summed E-state index contributed by atoms with van der Waals surface area (Å²) in [5.41, 5.74) is 1.16. The minimum Gasteiger partial charge on any atom is -0.486 e. The predicted molar refractivity (Wildman–Crippen MR) is 100 cm³/mol. The number of amides is 2. The molecule has 2 N–H and O–H groups in total. The van der Waals surface area contributed by atoms with E-state index in [1.165, 1.54) is 5.56 Å². The molecule has 1 saturated carbocycles. The summed E-state index contributed by atoms with van der Waals surface area (Å²) < 4.78 is 11.4. The van der Waals surface area contributed by atoms with Crippen LogP contribution in [0.4, 0.5) is 0 Å². The Hall–Kier alpha value is -2.28. The molecule has 0 aromatic heterocycles. The summed E-state index contributed by atoms with van der Waals surface area (Å²) in [5.74, 6) is 1.56. The molecule has 1 aromatic carbocycles. The summed E-state index contributed by atoms with van der Waals surface area (Å²) in [6, 6.07) is 6.18. The third-order valence-corrected chi connectivity index (χ3v) is 5.82. The number of nitrogens with one attached hydrogen (secondary N) is 2. The maximum atomic E-state index is 12.5. The molecule has 146 valence electrons. The van der Waals surface area contributed by atoms with Crippen molar-refractivity contribution in [1.82, 2.24) is 15.5 Å². The molecule has 0 atom stereocenters. The van der Waals surface area contributed by atoms with Crippen LogP contribution < -0.4 is 20.1 Å². The Morgan fingerprint density at radius 3 is 2.74 bits per heavy atom. The number of carbonyl (C=O) groups is 2. The fourth-order valence-corrected chi connectivity index (χ4v) is 4.35. The van der Waals surface area contributed by atoms with Crippen molar-refractivity contribution < 1.29 is 19.1 Å². The van der Waals surface area contributed by atoms with Gasteiger partial charge in [-0.3, -0.25) is 14.5 Å². The van der Waals surface area contributed by atoms with Crippen LogP contribution in [0.3, 0.4) is 0 Å². The molecule has 0 radical (unpaired) electrons. The van der Waals surface area contributed by atoms with Crippen LogP contribution in [0.15, 0.2) is 18.2 Å². The van der Waals surface area contributed by atoms with Gasteiger partial charge in [-0.1, -0.05) is 18.9 Å². The molecular weight excluding hydrogens is 346 g/mol. The Morgan fingerprint density at radius 2 is 1.96 bits per heavy atom. The third kappa shape index (κ3) is 4.03.